The summed E-state index contributed by atoms with van der Waals surface area (Å²) in [4.78, 5) is 28.8. The lowest BCUT2D eigenvalue weighted by molar-refractivity contribution is -0.136. The Morgan fingerprint density at radius 2 is 2.00 bits per heavy atom. The third-order valence-corrected chi connectivity index (χ3v) is 3.55. The molecule has 1 aliphatic rings. The van der Waals surface area contributed by atoms with Crippen molar-refractivity contribution in [3.63, 3.8) is 0 Å². The zero-order valence-corrected chi connectivity index (χ0v) is 13.2. The molecule has 1 aliphatic heterocycles. The molecule has 0 spiro atoms. The van der Waals surface area contributed by atoms with E-state index in [1.54, 1.807) is 19.0 Å². The summed E-state index contributed by atoms with van der Waals surface area (Å²) in [5.41, 5.74) is -0.706. The number of rotatable bonds is 4. The Labute approximate surface area is 124 Å². The average molecular weight is 294 g/mol. The van der Waals surface area contributed by atoms with Crippen LogP contribution in [0.25, 0.3) is 0 Å². The van der Waals surface area contributed by atoms with Crippen molar-refractivity contribution >= 4 is 17.8 Å². The molecule has 0 aliphatic carbocycles. The Bertz CT molecular complexity index is 533. The lowest BCUT2D eigenvalue weighted by atomic mass is 9.98. The van der Waals surface area contributed by atoms with Crippen LogP contribution in [0.2, 0.25) is 0 Å². The third-order valence-electron chi connectivity index (χ3n) is 3.55. The maximum absolute atomic E-state index is 12.4. The van der Waals surface area contributed by atoms with E-state index in [-0.39, 0.29) is 11.9 Å². The Balaban J connectivity index is 2.40. The van der Waals surface area contributed by atoms with Crippen LogP contribution in [0.3, 0.4) is 0 Å². The van der Waals surface area contributed by atoms with Crippen LogP contribution < -0.4 is 15.0 Å². The Hall–Kier alpha value is -2.12. The van der Waals surface area contributed by atoms with Gasteiger partial charge in [0.2, 0.25) is 17.8 Å². The molecule has 1 aromatic heterocycles. The molecule has 0 bridgehead atoms. The highest BCUT2D eigenvalue weighted by Gasteiger charge is 2.42. The second kappa shape index (κ2) is 5.71. The van der Waals surface area contributed by atoms with E-state index in [2.05, 4.69) is 20.3 Å². The second-order valence-electron chi connectivity index (χ2n) is 5.36. The highest BCUT2D eigenvalue weighted by molar-refractivity contribution is 5.89. The molecular weight excluding hydrogens is 272 g/mol. The average Bonchev–Trinajstić information content (AvgIpc) is 2.45. The van der Waals surface area contributed by atoms with E-state index in [1.807, 2.05) is 25.7 Å². The van der Waals surface area contributed by atoms with Crippen LogP contribution in [0.5, 0.6) is 6.01 Å². The van der Waals surface area contributed by atoms with Crippen molar-refractivity contribution in [2.75, 3.05) is 44.0 Å². The zero-order valence-electron chi connectivity index (χ0n) is 13.2. The fraction of sp³-hybridized carbons (Fsp3) is 0.692. The predicted octanol–water partition coefficient (Wildman–Crippen LogP) is 0.369. The Morgan fingerprint density at radius 3 is 2.62 bits per heavy atom. The van der Waals surface area contributed by atoms with Gasteiger partial charge in [0.05, 0.1) is 6.61 Å². The van der Waals surface area contributed by atoms with E-state index in [1.165, 1.54) is 0 Å². The van der Waals surface area contributed by atoms with E-state index >= 15 is 0 Å². The maximum atomic E-state index is 12.4. The highest BCUT2D eigenvalue weighted by atomic mass is 16.5. The van der Waals surface area contributed by atoms with Gasteiger partial charge < -0.3 is 19.9 Å². The molecule has 0 saturated carbocycles. The number of hydrogen-bond donors (Lipinski definition) is 1. The van der Waals surface area contributed by atoms with Gasteiger partial charge in [-0.25, -0.2) is 0 Å². The molecule has 21 heavy (non-hydrogen) atoms. The molecule has 1 N–H and O–H groups in total. The van der Waals surface area contributed by atoms with Gasteiger partial charge in [-0.3, -0.25) is 4.79 Å². The molecule has 1 saturated heterocycles. The van der Waals surface area contributed by atoms with Gasteiger partial charge in [0.15, 0.2) is 0 Å². The summed E-state index contributed by atoms with van der Waals surface area (Å²) in [7, 11) is 3.54. The normalized spacial score (nSPS) is 17.9. The molecule has 2 rings (SSSR count). The van der Waals surface area contributed by atoms with Crippen molar-refractivity contribution in [1.29, 1.82) is 0 Å². The standard InChI is InChI=1S/C13H22N6O2/c1-6-21-12-16-10(14-4)15-11(17-12)19-8-7-18(5)9(20)13(19,2)3/h6-8H2,1-5H3,(H,14,15,16,17). The van der Waals surface area contributed by atoms with Crippen molar-refractivity contribution in [2.45, 2.75) is 26.3 Å². The van der Waals surface area contributed by atoms with Gasteiger partial charge in [0.25, 0.3) is 0 Å². The van der Waals surface area contributed by atoms with Crippen LogP contribution in [0, 0.1) is 0 Å². The van der Waals surface area contributed by atoms with Crippen molar-refractivity contribution in [3.8, 4) is 6.01 Å². The lowest BCUT2D eigenvalue weighted by Gasteiger charge is -2.44. The van der Waals surface area contributed by atoms with Crippen LogP contribution in [-0.4, -0.2) is 65.1 Å². The van der Waals surface area contributed by atoms with Gasteiger partial charge in [-0.05, 0) is 20.8 Å². The summed E-state index contributed by atoms with van der Waals surface area (Å²) in [6, 6.07) is 0.258. The molecular formula is C13H22N6O2. The molecule has 8 heteroatoms. The number of hydrogen-bond acceptors (Lipinski definition) is 7. The van der Waals surface area contributed by atoms with Crippen LogP contribution in [0.1, 0.15) is 20.8 Å². The van der Waals surface area contributed by atoms with E-state index in [4.69, 9.17) is 4.74 Å². The summed E-state index contributed by atoms with van der Waals surface area (Å²) < 4.78 is 5.37. The lowest BCUT2D eigenvalue weighted by Crippen LogP contribution is -2.62. The number of aromatic nitrogens is 3. The minimum atomic E-state index is -0.706. The molecule has 0 unspecified atom stereocenters. The Kier molecular flexibility index (Phi) is 4.15. The molecule has 1 amide bonds. The van der Waals surface area contributed by atoms with Gasteiger partial charge in [-0.1, -0.05) is 0 Å². The summed E-state index contributed by atoms with van der Waals surface area (Å²) in [6.45, 7) is 7.37. The van der Waals surface area contributed by atoms with E-state index in [0.717, 1.165) is 0 Å². The molecule has 0 radical (unpaired) electrons. The predicted molar refractivity (Wildman–Crippen MR) is 79.6 cm³/mol. The monoisotopic (exact) mass is 294 g/mol. The fourth-order valence-electron chi connectivity index (χ4n) is 2.34. The minimum Gasteiger partial charge on any atom is -0.464 e. The minimum absolute atomic E-state index is 0.0399. The van der Waals surface area contributed by atoms with E-state index < -0.39 is 5.54 Å². The van der Waals surface area contributed by atoms with Gasteiger partial charge >= 0.3 is 6.01 Å². The first-order valence-corrected chi connectivity index (χ1v) is 7.00. The molecule has 0 atom stereocenters. The first kappa shape index (κ1) is 15.3. The first-order valence-electron chi connectivity index (χ1n) is 7.00. The molecule has 8 nitrogen and oxygen atoms in total. The quantitative estimate of drug-likeness (QED) is 0.858. The van der Waals surface area contributed by atoms with E-state index in [9.17, 15) is 4.79 Å². The maximum Gasteiger partial charge on any atom is 0.323 e. The first-order chi connectivity index (χ1) is 9.90. The van der Waals surface area contributed by atoms with Gasteiger partial charge in [0.1, 0.15) is 5.54 Å². The number of anilines is 2. The number of piperazine rings is 1. The summed E-state index contributed by atoms with van der Waals surface area (Å²) in [5, 5.41) is 2.89. The fourth-order valence-corrected chi connectivity index (χ4v) is 2.34. The SMILES string of the molecule is CCOc1nc(NC)nc(N2CCN(C)C(=O)C2(C)C)n1. The zero-order chi connectivity index (χ0) is 15.6. The topological polar surface area (TPSA) is 83.5 Å². The van der Waals surface area contributed by atoms with Crippen LogP contribution in [-0.2, 0) is 4.79 Å². The van der Waals surface area contributed by atoms with Crippen molar-refractivity contribution in [3.05, 3.63) is 0 Å². The highest BCUT2D eigenvalue weighted by Crippen LogP contribution is 2.27. The van der Waals surface area contributed by atoms with Crippen molar-refractivity contribution in [1.82, 2.24) is 19.9 Å². The van der Waals surface area contributed by atoms with Gasteiger partial charge in [-0.2, -0.15) is 15.0 Å². The Morgan fingerprint density at radius 1 is 1.29 bits per heavy atom. The number of ether oxygens (including phenoxy) is 1. The van der Waals surface area contributed by atoms with Crippen molar-refractivity contribution in [2.24, 2.45) is 0 Å². The summed E-state index contributed by atoms with van der Waals surface area (Å²) in [6.07, 6.45) is 0. The number of nitrogens with one attached hydrogen (secondary N) is 1. The number of nitrogens with zero attached hydrogens (tertiary/aromatic N) is 5. The molecule has 2 heterocycles. The van der Waals surface area contributed by atoms with Crippen molar-refractivity contribution < 1.29 is 9.53 Å². The van der Waals surface area contributed by atoms with Crippen LogP contribution in [0.4, 0.5) is 11.9 Å². The molecule has 0 aromatic carbocycles. The number of carbonyl (C=O) groups is 1. The number of carbonyl (C=O) groups excluding carboxylic acids is 1. The third kappa shape index (κ3) is 2.84. The summed E-state index contributed by atoms with van der Waals surface area (Å²) >= 11 is 0. The summed E-state index contributed by atoms with van der Waals surface area (Å²) in [5.74, 6) is 0.910. The molecule has 1 aromatic rings. The second-order valence-corrected chi connectivity index (χ2v) is 5.36. The molecule has 1 fully saturated rings. The number of amides is 1. The smallest absolute Gasteiger partial charge is 0.323 e. The van der Waals surface area contributed by atoms with E-state index in [0.29, 0.717) is 31.6 Å². The van der Waals surface area contributed by atoms with Crippen LogP contribution >= 0.6 is 0 Å². The largest absolute Gasteiger partial charge is 0.464 e. The van der Waals surface area contributed by atoms with Crippen LogP contribution in [0.15, 0.2) is 0 Å². The van der Waals surface area contributed by atoms with Gasteiger partial charge in [-0.15, -0.1) is 0 Å². The van der Waals surface area contributed by atoms with Gasteiger partial charge in [0, 0.05) is 27.2 Å². The number of likely N-dealkylation sites (N-methyl/N-ethyl adjacent to an activating group) is 1. The molecule has 116 valence electrons.